The Morgan fingerprint density at radius 1 is 1.33 bits per heavy atom. The first-order chi connectivity index (χ1) is 12.5. The highest BCUT2D eigenvalue weighted by Crippen LogP contribution is 2.37. The van der Waals surface area contributed by atoms with E-state index in [0.29, 0.717) is 11.4 Å². The van der Waals surface area contributed by atoms with Gasteiger partial charge in [-0.05, 0) is 26.8 Å². The highest BCUT2D eigenvalue weighted by Gasteiger charge is 2.34. The molecule has 0 N–H and O–H groups in total. The van der Waals surface area contributed by atoms with Gasteiger partial charge in [0.2, 0.25) is 0 Å². The van der Waals surface area contributed by atoms with Crippen LogP contribution in [0.25, 0.3) is 5.69 Å². The molecule has 1 aliphatic heterocycles. The average molecular weight is 383 g/mol. The van der Waals surface area contributed by atoms with Crippen LogP contribution in [0.4, 0.5) is 18.0 Å². The molecule has 2 aromatic rings. The molecule has 1 amide bonds. The zero-order chi connectivity index (χ0) is 20.0. The molecule has 1 atom stereocenters. The van der Waals surface area contributed by atoms with Crippen molar-refractivity contribution in [1.29, 1.82) is 0 Å². The minimum absolute atomic E-state index is 0.238. The maximum Gasteiger partial charge on any atom is 0.419 e. The molecule has 9 heteroatoms. The Morgan fingerprint density at radius 2 is 2.04 bits per heavy atom. The fourth-order valence-electron chi connectivity index (χ4n) is 2.72. The number of fused-ring (bicyclic) bond motifs is 1. The van der Waals surface area contributed by atoms with Gasteiger partial charge in [0.25, 0.3) is 0 Å². The fourth-order valence-corrected chi connectivity index (χ4v) is 2.72. The van der Waals surface area contributed by atoms with Gasteiger partial charge in [-0.3, -0.25) is 0 Å². The molecule has 0 unspecified atom stereocenters. The number of nitrogens with zero attached hydrogens (tertiary/aromatic N) is 3. The van der Waals surface area contributed by atoms with Crippen molar-refractivity contribution in [3.05, 3.63) is 41.7 Å². The van der Waals surface area contributed by atoms with Crippen LogP contribution in [0.3, 0.4) is 0 Å². The van der Waals surface area contributed by atoms with Crippen LogP contribution in [-0.4, -0.2) is 40.0 Å². The lowest BCUT2D eigenvalue weighted by Gasteiger charge is -2.28. The summed E-state index contributed by atoms with van der Waals surface area (Å²) >= 11 is 0. The first kappa shape index (κ1) is 19.1. The van der Waals surface area contributed by atoms with Gasteiger partial charge in [-0.2, -0.15) is 18.3 Å². The van der Waals surface area contributed by atoms with Gasteiger partial charge in [0.05, 0.1) is 23.5 Å². The van der Waals surface area contributed by atoms with E-state index in [1.807, 2.05) is 0 Å². The van der Waals surface area contributed by atoms with Crippen LogP contribution >= 0.6 is 0 Å². The van der Waals surface area contributed by atoms with E-state index >= 15 is 0 Å². The molecular formula is C18H20F3N3O3. The normalized spacial score (nSPS) is 16.6. The minimum atomic E-state index is -4.45. The second-order valence-electron chi connectivity index (χ2n) is 7.31. The van der Waals surface area contributed by atoms with Gasteiger partial charge in [-0.1, -0.05) is 6.07 Å². The topological polar surface area (TPSA) is 56.6 Å². The minimum Gasteiger partial charge on any atom is -0.491 e. The molecule has 0 saturated heterocycles. The van der Waals surface area contributed by atoms with Crippen LogP contribution in [0.2, 0.25) is 0 Å². The van der Waals surface area contributed by atoms with E-state index in [0.717, 1.165) is 22.6 Å². The van der Waals surface area contributed by atoms with Gasteiger partial charge in [0.15, 0.2) is 0 Å². The van der Waals surface area contributed by atoms with Crippen LogP contribution in [0.5, 0.6) is 5.75 Å². The SMILES string of the molecule is CN(C(=O)OC(C)(C)C)[C@@H]1COc2cc(-n3cc(C(F)(F)F)cn3)ccc21. The Labute approximate surface area is 154 Å². The van der Waals surface area contributed by atoms with Crippen molar-refractivity contribution in [3.63, 3.8) is 0 Å². The first-order valence-electron chi connectivity index (χ1n) is 8.30. The van der Waals surface area contributed by atoms with E-state index in [-0.39, 0.29) is 12.6 Å². The van der Waals surface area contributed by atoms with E-state index in [4.69, 9.17) is 9.47 Å². The third-order valence-electron chi connectivity index (χ3n) is 4.08. The number of rotatable bonds is 2. The van der Waals surface area contributed by atoms with Crippen LogP contribution < -0.4 is 4.74 Å². The Bertz CT molecular complexity index is 856. The molecule has 2 heterocycles. The number of benzene rings is 1. The van der Waals surface area contributed by atoms with Crippen molar-refractivity contribution in [3.8, 4) is 11.4 Å². The molecule has 0 saturated carbocycles. The van der Waals surface area contributed by atoms with Crippen LogP contribution in [0.15, 0.2) is 30.6 Å². The number of halogens is 3. The molecule has 0 bridgehead atoms. The van der Waals surface area contributed by atoms with E-state index in [1.165, 1.54) is 4.90 Å². The molecular weight excluding hydrogens is 363 g/mol. The standard InChI is InChI=1S/C18H20F3N3O3/c1-17(2,3)27-16(25)23(4)14-10-26-15-7-12(5-6-13(14)15)24-9-11(8-22-24)18(19,20)21/h5-9,14H,10H2,1-4H3/t14-/m1/s1. The molecule has 3 rings (SSSR count). The number of alkyl halides is 3. The molecule has 1 aliphatic rings. The predicted octanol–water partition coefficient (Wildman–Crippen LogP) is 4.19. The Morgan fingerprint density at radius 3 is 2.63 bits per heavy atom. The third kappa shape index (κ3) is 4.01. The molecule has 0 spiro atoms. The highest BCUT2D eigenvalue weighted by molar-refractivity contribution is 5.69. The number of aromatic nitrogens is 2. The Kier molecular flexibility index (Phi) is 4.57. The van der Waals surface area contributed by atoms with E-state index in [2.05, 4.69) is 5.10 Å². The maximum absolute atomic E-state index is 12.7. The summed E-state index contributed by atoms with van der Waals surface area (Å²) in [5.74, 6) is 0.497. The van der Waals surface area contributed by atoms with Crippen molar-refractivity contribution >= 4 is 6.09 Å². The highest BCUT2D eigenvalue weighted by atomic mass is 19.4. The lowest BCUT2D eigenvalue weighted by molar-refractivity contribution is -0.137. The maximum atomic E-state index is 12.7. The largest absolute Gasteiger partial charge is 0.491 e. The summed E-state index contributed by atoms with van der Waals surface area (Å²) in [6.07, 6.45) is -3.24. The van der Waals surface area contributed by atoms with Crippen molar-refractivity contribution in [2.75, 3.05) is 13.7 Å². The van der Waals surface area contributed by atoms with Crippen LogP contribution in [0, 0.1) is 0 Å². The molecule has 27 heavy (non-hydrogen) atoms. The van der Waals surface area contributed by atoms with Crippen molar-refractivity contribution < 1.29 is 27.4 Å². The van der Waals surface area contributed by atoms with Crippen molar-refractivity contribution in [2.24, 2.45) is 0 Å². The number of amides is 1. The number of carbonyl (C=O) groups excluding carboxylic acids is 1. The Hall–Kier alpha value is -2.71. The molecule has 0 aliphatic carbocycles. The van der Waals surface area contributed by atoms with Gasteiger partial charge in [-0.25, -0.2) is 9.48 Å². The zero-order valence-electron chi connectivity index (χ0n) is 15.4. The summed E-state index contributed by atoms with van der Waals surface area (Å²) in [6, 6.07) is 4.62. The summed E-state index contributed by atoms with van der Waals surface area (Å²) in [7, 11) is 1.62. The van der Waals surface area contributed by atoms with Gasteiger partial charge in [-0.15, -0.1) is 0 Å². The van der Waals surface area contributed by atoms with Gasteiger partial charge in [0.1, 0.15) is 18.0 Å². The molecule has 1 aromatic heterocycles. The number of hydrogen-bond donors (Lipinski definition) is 0. The lowest BCUT2D eigenvalue weighted by Crippen LogP contribution is -2.37. The number of carbonyl (C=O) groups is 1. The second kappa shape index (κ2) is 6.47. The molecule has 1 aromatic carbocycles. The number of hydrogen-bond acceptors (Lipinski definition) is 4. The summed E-state index contributed by atoms with van der Waals surface area (Å²) in [5.41, 5.74) is -0.250. The summed E-state index contributed by atoms with van der Waals surface area (Å²) < 4.78 is 50.4. The molecule has 0 radical (unpaired) electrons. The quantitative estimate of drug-likeness (QED) is 0.780. The summed E-state index contributed by atoms with van der Waals surface area (Å²) in [4.78, 5) is 13.7. The smallest absolute Gasteiger partial charge is 0.419 e. The van der Waals surface area contributed by atoms with Gasteiger partial charge >= 0.3 is 12.3 Å². The van der Waals surface area contributed by atoms with E-state index in [9.17, 15) is 18.0 Å². The first-order valence-corrected chi connectivity index (χ1v) is 8.30. The van der Waals surface area contributed by atoms with Gasteiger partial charge < -0.3 is 14.4 Å². The number of likely N-dealkylation sites (N-methyl/N-ethyl adjacent to an activating group) is 1. The third-order valence-corrected chi connectivity index (χ3v) is 4.08. The van der Waals surface area contributed by atoms with Crippen molar-refractivity contribution in [2.45, 2.75) is 38.6 Å². The monoisotopic (exact) mass is 383 g/mol. The second-order valence-corrected chi connectivity index (χ2v) is 7.31. The zero-order valence-corrected chi connectivity index (χ0v) is 15.4. The predicted molar refractivity (Wildman–Crippen MR) is 90.8 cm³/mol. The molecule has 6 nitrogen and oxygen atoms in total. The summed E-state index contributed by atoms with van der Waals surface area (Å²) in [5, 5.41) is 3.76. The Balaban J connectivity index is 1.81. The van der Waals surface area contributed by atoms with Crippen molar-refractivity contribution in [1.82, 2.24) is 14.7 Å². The van der Waals surface area contributed by atoms with Crippen LogP contribution in [0.1, 0.15) is 37.9 Å². The van der Waals surface area contributed by atoms with Gasteiger partial charge in [0, 0.05) is 24.9 Å². The lowest BCUT2D eigenvalue weighted by atomic mass is 10.1. The van der Waals surface area contributed by atoms with E-state index < -0.39 is 23.4 Å². The molecule has 0 fully saturated rings. The van der Waals surface area contributed by atoms with E-state index in [1.54, 1.807) is 46.0 Å². The fraction of sp³-hybridized carbons (Fsp3) is 0.444. The number of ether oxygens (including phenoxy) is 2. The van der Waals surface area contributed by atoms with Crippen LogP contribution in [-0.2, 0) is 10.9 Å². The molecule has 146 valence electrons. The summed E-state index contributed by atoms with van der Waals surface area (Å²) in [6.45, 7) is 5.58. The average Bonchev–Trinajstić information content (AvgIpc) is 3.18.